The maximum atomic E-state index is 14.1. The first-order valence-electron chi connectivity index (χ1n) is 12.0. The molecule has 0 radical (unpaired) electrons. The van der Waals surface area contributed by atoms with Crippen molar-refractivity contribution in [1.82, 2.24) is 0 Å². The number of carbonyl (C=O) groups excluding carboxylic acids is 3. The highest BCUT2D eigenvalue weighted by molar-refractivity contribution is 6.74. The lowest BCUT2D eigenvalue weighted by Gasteiger charge is -2.42. The van der Waals surface area contributed by atoms with E-state index < -0.39 is 25.8 Å². The lowest BCUT2D eigenvalue weighted by Crippen LogP contribution is -2.48. The number of fused-ring (bicyclic) bond motifs is 1. The monoisotopic (exact) mass is 458 g/mol. The predicted octanol–water partition coefficient (Wildman–Crippen LogP) is 5.51. The standard InChI is InChI=1S/C26H38O5Si/c1-14(2)17-22(31-32(8,9)24(3,4)5)20(28)19-21-18-16(23(29)30-21)15(27)10-11-25(18,6)12-13-26(17,19)7/h14,17,22H,10-13H2,1-9H3/t17-,22-,25+,26+/m0/s1. The van der Waals surface area contributed by atoms with E-state index in [1.807, 2.05) is 0 Å². The van der Waals surface area contributed by atoms with Crippen molar-refractivity contribution in [3.63, 3.8) is 0 Å². The Hall–Kier alpha value is -1.53. The molecule has 0 saturated heterocycles. The van der Waals surface area contributed by atoms with Crippen molar-refractivity contribution in [2.24, 2.45) is 22.7 Å². The molecule has 4 aliphatic rings. The van der Waals surface area contributed by atoms with E-state index in [4.69, 9.17) is 9.16 Å². The van der Waals surface area contributed by atoms with Gasteiger partial charge in [-0.3, -0.25) is 9.59 Å². The Bertz CT molecular complexity index is 979. The maximum absolute atomic E-state index is 14.1. The number of hydrogen-bond acceptors (Lipinski definition) is 5. The SMILES string of the molecule is CC(C)[C@H]1[C@H](O[Si](C)(C)C(C)(C)C)C(=O)C2=C3OC(=O)C4=C3[C@](C)(CCC4=O)CC[C@@]21C. The fourth-order valence-corrected chi connectivity index (χ4v) is 7.54. The van der Waals surface area contributed by atoms with Crippen molar-refractivity contribution < 1.29 is 23.5 Å². The van der Waals surface area contributed by atoms with Crippen LogP contribution in [-0.2, 0) is 23.5 Å². The number of Topliss-reactive ketones (excluding diaryl/α,β-unsaturated/α-hetero) is 2. The molecule has 6 heteroatoms. The van der Waals surface area contributed by atoms with E-state index in [2.05, 4.69) is 61.6 Å². The largest absolute Gasteiger partial charge is 0.422 e. The molecule has 32 heavy (non-hydrogen) atoms. The normalized spacial score (nSPS) is 35.4. The van der Waals surface area contributed by atoms with Crippen LogP contribution in [0.15, 0.2) is 22.5 Å². The highest BCUT2D eigenvalue weighted by Crippen LogP contribution is 2.63. The van der Waals surface area contributed by atoms with Gasteiger partial charge in [-0.2, -0.15) is 0 Å². The van der Waals surface area contributed by atoms with Gasteiger partial charge in [0.2, 0.25) is 0 Å². The Labute approximate surface area is 193 Å². The smallest absolute Gasteiger partial charge is 0.347 e. The summed E-state index contributed by atoms with van der Waals surface area (Å²) >= 11 is 0. The van der Waals surface area contributed by atoms with Crippen LogP contribution >= 0.6 is 0 Å². The zero-order chi connectivity index (χ0) is 24.0. The van der Waals surface area contributed by atoms with E-state index in [0.29, 0.717) is 29.7 Å². The fourth-order valence-electron chi connectivity index (χ4n) is 6.30. The maximum Gasteiger partial charge on any atom is 0.347 e. The average Bonchev–Trinajstić information content (AvgIpc) is 3.06. The van der Waals surface area contributed by atoms with Crippen LogP contribution in [0.3, 0.4) is 0 Å². The third-order valence-corrected chi connectivity index (χ3v) is 13.6. The molecule has 0 aromatic heterocycles. The lowest BCUT2D eigenvalue weighted by molar-refractivity contribution is -0.135. The van der Waals surface area contributed by atoms with Gasteiger partial charge in [0.05, 0.1) is 0 Å². The number of carbonyl (C=O) groups is 3. The summed E-state index contributed by atoms with van der Waals surface area (Å²) in [6.45, 7) is 19.5. The molecule has 0 aromatic carbocycles. The quantitative estimate of drug-likeness (QED) is 0.317. The minimum atomic E-state index is -2.22. The third kappa shape index (κ3) is 3.08. The van der Waals surface area contributed by atoms with Crippen LogP contribution in [0, 0.1) is 22.7 Å². The van der Waals surface area contributed by atoms with E-state index in [-0.39, 0.29) is 39.4 Å². The minimum Gasteiger partial charge on any atom is -0.422 e. The van der Waals surface area contributed by atoms with E-state index in [1.165, 1.54) is 0 Å². The van der Waals surface area contributed by atoms with E-state index in [1.54, 1.807) is 0 Å². The first-order valence-corrected chi connectivity index (χ1v) is 14.9. The van der Waals surface area contributed by atoms with Gasteiger partial charge < -0.3 is 9.16 Å². The molecule has 176 valence electrons. The van der Waals surface area contributed by atoms with Crippen LogP contribution in [0.2, 0.25) is 18.1 Å². The van der Waals surface area contributed by atoms with E-state index in [9.17, 15) is 14.4 Å². The second kappa shape index (κ2) is 6.99. The molecule has 5 nitrogen and oxygen atoms in total. The fraction of sp³-hybridized carbons (Fsp3) is 0.731. The highest BCUT2D eigenvalue weighted by atomic mass is 28.4. The molecule has 1 fully saturated rings. The molecule has 4 rings (SSSR count). The highest BCUT2D eigenvalue weighted by Gasteiger charge is 2.63. The molecule has 0 N–H and O–H groups in total. The van der Waals surface area contributed by atoms with E-state index in [0.717, 1.165) is 12.8 Å². The van der Waals surface area contributed by atoms with Gasteiger partial charge in [-0.25, -0.2) is 4.79 Å². The number of ketones is 2. The molecule has 4 atom stereocenters. The molecule has 0 spiro atoms. The summed E-state index contributed by atoms with van der Waals surface area (Å²) < 4.78 is 12.6. The zero-order valence-corrected chi connectivity index (χ0v) is 22.1. The van der Waals surface area contributed by atoms with Gasteiger partial charge in [0, 0.05) is 28.9 Å². The Morgan fingerprint density at radius 2 is 1.66 bits per heavy atom. The molecular weight excluding hydrogens is 420 g/mol. The van der Waals surface area contributed by atoms with Crippen molar-refractivity contribution in [2.75, 3.05) is 0 Å². The van der Waals surface area contributed by atoms with Crippen LogP contribution in [-0.4, -0.2) is 32.0 Å². The molecule has 1 saturated carbocycles. The van der Waals surface area contributed by atoms with E-state index >= 15 is 0 Å². The van der Waals surface area contributed by atoms with Crippen molar-refractivity contribution in [2.45, 2.75) is 98.4 Å². The summed E-state index contributed by atoms with van der Waals surface area (Å²) in [6.07, 6.45) is 2.15. The number of allylic oxidation sites excluding steroid dienone is 1. The summed E-state index contributed by atoms with van der Waals surface area (Å²) in [6, 6.07) is 0. The molecule has 0 amide bonds. The molecule has 0 bridgehead atoms. The second-order valence-electron chi connectivity index (χ2n) is 12.7. The van der Waals surface area contributed by atoms with Crippen molar-refractivity contribution in [3.05, 3.63) is 22.5 Å². The van der Waals surface area contributed by atoms with Gasteiger partial charge >= 0.3 is 5.97 Å². The van der Waals surface area contributed by atoms with Crippen LogP contribution < -0.4 is 0 Å². The molecule has 0 aromatic rings. The van der Waals surface area contributed by atoms with Crippen LogP contribution in [0.4, 0.5) is 0 Å². The Morgan fingerprint density at radius 3 is 2.22 bits per heavy atom. The Balaban J connectivity index is 1.93. The number of hydrogen-bond donors (Lipinski definition) is 0. The topological polar surface area (TPSA) is 69.7 Å². The first kappa shape index (κ1) is 23.6. The summed E-state index contributed by atoms with van der Waals surface area (Å²) in [7, 11) is -2.22. The summed E-state index contributed by atoms with van der Waals surface area (Å²) in [4.78, 5) is 39.6. The molecule has 3 aliphatic carbocycles. The van der Waals surface area contributed by atoms with Crippen LogP contribution in [0.1, 0.15) is 74.1 Å². The summed E-state index contributed by atoms with van der Waals surface area (Å²) in [5, 5.41) is -0.0257. The summed E-state index contributed by atoms with van der Waals surface area (Å²) in [5.74, 6) is -0.175. The Kier molecular flexibility index (Phi) is 5.16. The number of esters is 1. The van der Waals surface area contributed by atoms with Crippen molar-refractivity contribution in [1.29, 1.82) is 0 Å². The Morgan fingerprint density at radius 1 is 1.03 bits per heavy atom. The van der Waals surface area contributed by atoms with Gasteiger partial charge in [-0.15, -0.1) is 0 Å². The molecule has 1 aliphatic heterocycles. The van der Waals surface area contributed by atoms with Gasteiger partial charge in [-0.1, -0.05) is 48.5 Å². The van der Waals surface area contributed by atoms with Gasteiger partial charge in [0.15, 0.2) is 19.9 Å². The predicted molar refractivity (Wildman–Crippen MR) is 125 cm³/mol. The molecule has 1 heterocycles. The van der Waals surface area contributed by atoms with Crippen LogP contribution in [0.5, 0.6) is 0 Å². The van der Waals surface area contributed by atoms with Gasteiger partial charge in [0.25, 0.3) is 0 Å². The van der Waals surface area contributed by atoms with Gasteiger partial charge in [0.1, 0.15) is 17.4 Å². The zero-order valence-electron chi connectivity index (χ0n) is 21.1. The first-order chi connectivity index (χ1) is 14.5. The number of ether oxygens (including phenoxy) is 1. The van der Waals surface area contributed by atoms with Crippen molar-refractivity contribution >= 4 is 25.9 Å². The summed E-state index contributed by atoms with van der Waals surface area (Å²) in [5.41, 5.74) is 0.703. The lowest BCUT2D eigenvalue weighted by atomic mass is 9.66. The minimum absolute atomic E-state index is 0.00516. The van der Waals surface area contributed by atoms with Crippen molar-refractivity contribution in [3.8, 4) is 0 Å². The van der Waals surface area contributed by atoms with Gasteiger partial charge in [-0.05, 0) is 48.7 Å². The third-order valence-electron chi connectivity index (χ3n) is 9.17. The number of rotatable bonds is 3. The second-order valence-corrected chi connectivity index (χ2v) is 17.4. The molecule has 0 unspecified atom stereocenters. The van der Waals surface area contributed by atoms with Crippen LogP contribution in [0.25, 0.3) is 0 Å². The molecular formula is C26H38O5Si. The average molecular weight is 459 g/mol.